The number of imide groups is 1. The van der Waals surface area contributed by atoms with Gasteiger partial charge in [0.05, 0.1) is 11.8 Å². The second kappa shape index (κ2) is 5.64. The van der Waals surface area contributed by atoms with Gasteiger partial charge in [0, 0.05) is 28.3 Å². The van der Waals surface area contributed by atoms with Gasteiger partial charge in [-0.15, -0.1) is 0 Å². The van der Waals surface area contributed by atoms with Crippen molar-refractivity contribution in [2.45, 2.75) is 38.3 Å². The van der Waals surface area contributed by atoms with E-state index < -0.39 is 17.4 Å². The van der Waals surface area contributed by atoms with E-state index in [0.717, 1.165) is 22.9 Å². The molecule has 7 heteroatoms. The second-order valence-corrected chi connectivity index (χ2v) is 7.99. The van der Waals surface area contributed by atoms with E-state index in [1.807, 2.05) is 32.0 Å². The minimum Gasteiger partial charge on any atom is -0.324 e. The highest BCUT2D eigenvalue weighted by atomic mass is 79.9. The molecule has 3 aliphatic heterocycles. The first-order valence-electron chi connectivity index (χ1n) is 8.66. The van der Waals surface area contributed by atoms with E-state index in [0.29, 0.717) is 12.2 Å². The summed E-state index contributed by atoms with van der Waals surface area (Å²) < 4.78 is 0.833. The maximum atomic E-state index is 13.1. The molecule has 2 N–H and O–H groups in total. The van der Waals surface area contributed by atoms with Crippen LogP contribution in [0, 0.1) is 11.8 Å². The molecule has 1 spiro atoms. The molecule has 2 saturated heterocycles. The fourth-order valence-corrected chi connectivity index (χ4v) is 4.89. The lowest BCUT2D eigenvalue weighted by atomic mass is 9.76. The van der Waals surface area contributed by atoms with Gasteiger partial charge in [-0.1, -0.05) is 29.3 Å². The number of amides is 3. The number of likely N-dealkylation sites (tertiary alicyclic amines) is 1. The van der Waals surface area contributed by atoms with Crippen LogP contribution in [0.5, 0.6) is 0 Å². The van der Waals surface area contributed by atoms with Crippen LogP contribution in [0.25, 0.3) is 0 Å². The first-order valence-corrected chi connectivity index (χ1v) is 9.45. The van der Waals surface area contributed by atoms with Crippen LogP contribution in [-0.4, -0.2) is 35.2 Å². The summed E-state index contributed by atoms with van der Waals surface area (Å²) in [6.45, 7) is 4.33. The van der Waals surface area contributed by atoms with Crippen LogP contribution in [-0.2, 0) is 19.9 Å². The molecule has 0 saturated carbocycles. The predicted octanol–water partition coefficient (Wildman–Crippen LogP) is 1.99. The quantitative estimate of drug-likeness (QED) is 0.753. The van der Waals surface area contributed by atoms with Crippen molar-refractivity contribution in [3.8, 4) is 0 Å². The molecule has 0 bridgehead atoms. The fourth-order valence-electron chi connectivity index (χ4n) is 4.53. The van der Waals surface area contributed by atoms with Gasteiger partial charge in [-0.3, -0.25) is 24.6 Å². The largest absolute Gasteiger partial charge is 0.324 e. The zero-order valence-electron chi connectivity index (χ0n) is 14.1. The number of benzene rings is 1. The van der Waals surface area contributed by atoms with Crippen molar-refractivity contribution in [3.05, 3.63) is 28.2 Å². The van der Waals surface area contributed by atoms with E-state index in [2.05, 4.69) is 26.6 Å². The number of nitrogens with zero attached hydrogens (tertiary/aromatic N) is 1. The number of carbonyl (C=O) groups is 3. The van der Waals surface area contributed by atoms with Gasteiger partial charge in [-0.25, -0.2) is 0 Å². The molecule has 0 aliphatic carbocycles. The van der Waals surface area contributed by atoms with E-state index in [1.54, 1.807) is 0 Å². The SMILES string of the molecule is CCCCN1C(=O)[C@@H]2[C@H](C)N[C@]3(C(=O)Nc4ccc(Br)cc43)[C@H]2C1=O. The van der Waals surface area contributed by atoms with E-state index in [9.17, 15) is 14.4 Å². The summed E-state index contributed by atoms with van der Waals surface area (Å²) in [7, 11) is 0. The third kappa shape index (κ3) is 2.08. The van der Waals surface area contributed by atoms with Crippen LogP contribution < -0.4 is 10.6 Å². The monoisotopic (exact) mass is 405 g/mol. The number of hydrogen-bond acceptors (Lipinski definition) is 4. The Morgan fingerprint density at radius 1 is 1.24 bits per heavy atom. The highest BCUT2D eigenvalue weighted by molar-refractivity contribution is 9.10. The van der Waals surface area contributed by atoms with Crippen molar-refractivity contribution in [3.63, 3.8) is 0 Å². The lowest BCUT2D eigenvalue weighted by Crippen LogP contribution is -2.53. The third-order valence-corrected chi connectivity index (χ3v) is 6.14. The molecule has 2 fully saturated rings. The summed E-state index contributed by atoms with van der Waals surface area (Å²) in [5.74, 6) is -1.83. The van der Waals surface area contributed by atoms with Gasteiger partial charge in [0.25, 0.3) is 0 Å². The average molecular weight is 406 g/mol. The second-order valence-electron chi connectivity index (χ2n) is 7.07. The van der Waals surface area contributed by atoms with Gasteiger partial charge in [0.15, 0.2) is 0 Å². The number of anilines is 1. The van der Waals surface area contributed by atoms with Crippen molar-refractivity contribution in [2.24, 2.45) is 11.8 Å². The van der Waals surface area contributed by atoms with Crippen LogP contribution >= 0.6 is 15.9 Å². The molecule has 132 valence electrons. The molecule has 4 atom stereocenters. The zero-order chi connectivity index (χ0) is 17.9. The summed E-state index contributed by atoms with van der Waals surface area (Å²) >= 11 is 3.45. The minimum absolute atomic E-state index is 0.156. The van der Waals surface area contributed by atoms with Crippen LogP contribution in [0.2, 0.25) is 0 Å². The standard InChI is InChI=1S/C18H20BrN3O3/c1-3-4-7-22-15(23)13-9(2)21-18(14(13)16(22)24)11-8-10(19)5-6-12(11)20-17(18)25/h5-6,8-9,13-14,21H,3-4,7H2,1-2H3,(H,20,25)/t9-,13+,14+,18-/m0/s1. The molecular formula is C18H20BrN3O3. The number of rotatable bonds is 3. The number of fused-ring (bicyclic) bond motifs is 4. The summed E-state index contributed by atoms with van der Waals surface area (Å²) in [4.78, 5) is 40.3. The summed E-state index contributed by atoms with van der Waals surface area (Å²) in [6.07, 6.45) is 1.68. The van der Waals surface area contributed by atoms with Gasteiger partial charge in [-0.2, -0.15) is 0 Å². The Morgan fingerprint density at radius 3 is 2.72 bits per heavy atom. The van der Waals surface area contributed by atoms with Crippen LogP contribution in [0.4, 0.5) is 5.69 Å². The highest BCUT2D eigenvalue weighted by Gasteiger charge is 2.69. The molecule has 3 aliphatic rings. The number of hydrogen-bond donors (Lipinski definition) is 2. The van der Waals surface area contributed by atoms with Crippen LogP contribution in [0.1, 0.15) is 32.3 Å². The van der Waals surface area contributed by atoms with Gasteiger partial charge in [0.2, 0.25) is 17.7 Å². The smallest absolute Gasteiger partial charge is 0.250 e. The number of carbonyl (C=O) groups excluding carboxylic acids is 3. The summed E-state index contributed by atoms with van der Waals surface area (Å²) in [5.41, 5.74) is 0.266. The molecule has 1 aromatic rings. The Balaban J connectivity index is 1.83. The molecule has 0 aromatic heterocycles. The third-order valence-electron chi connectivity index (χ3n) is 5.65. The van der Waals surface area contributed by atoms with Crippen molar-refractivity contribution in [1.82, 2.24) is 10.2 Å². The molecule has 4 rings (SSSR count). The molecule has 3 heterocycles. The molecule has 25 heavy (non-hydrogen) atoms. The van der Waals surface area contributed by atoms with Gasteiger partial charge in [-0.05, 0) is 31.5 Å². The van der Waals surface area contributed by atoms with Gasteiger partial charge in [0.1, 0.15) is 5.54 Å². The van der Waals surface area contributed by atoms with Crippen LogP contribution in [0.15, 0.2) is 22.7 Å². The van der Waals surface area contributed by atoms with Crippen molar-refractivity contribution in [1.29, 1.82) is 0 Å². The van der Waals surface area contributed by atoms with Gasteiger partial charge >= 0.3 is 0 Å². The topological polar surface area (TPSA) is 78.5 Å². The Kier molecular flexibility index (Phi) is 3.77. The Hall–Kier alpha value is -1.73. The summed E-state index contributed by atoms with van der Waals surface area (Å²) in [6, 6.07) is 5.29. The molecule has 1 aromatic carbocycles. The Labute approximate surface area is 154 Å². The van der Waals surface area contributed by atoms with Crippen molar-refractivity contribution < 1.29 is 14.4 Å². The molecule has 0 unspecified atom stereocenters. The molecule has 3 amide bonds. The lowest BCUT2D eigenvalue weighted by Gasteiger charge is -2.29. The Bertz CT molecular complexity index is 796. The first-order chi connectivity index (χ1) is 11.9. The maximum Gasteiger partial charge on any atom is 0.250 e. The number of unbranched alkanes of at least 4 members (excludes halogenated alkanes) is 1. The molecule has 0 radical (unpaired) electrons. The average Bonchev–Trinajstić information content (AvgIpc) is 3.12. The maximum absolute atomic E-state index is 13.1. The highest BCUT2D eigenvalue weighted by Crippen LogP contribution is 2.53. The van der Waals surface area contributed by atoms with E-state index in [-0.39, 0.29) is 23.8 Å². The van der Waals surface area contributed by atoms with Crippen molar-refractivity contribution >= 4 is 39.3 Å². The molecule has 6 nitrogen and oxygen atoms in total. The van der Waals surface area contributed by atoms with E-state index >= 15 is 0 Å². The summed E-state index contributed by atoms with van der Waals surface area (Å²) in [5, 5.41) is 6.18. The van der Waals surface area contributed by atoms with Crippen molar-refractivity contribution in [2.75, 3.05) is 11.9 Å². The first kappa shape index (κ1) is 16.7. The zero-order valence-corrected chi connectivity index (χ0v) is 15.7. The predicted molar refractivity (Wildman–Crippen MR) is 95.7 cm³/mol. The normalized spacial score (nSPS) is 33.2. The van der Waals surface area contributed by atoms with Crippen LogP contribution in [0.3, 0.4) is 0 Å². The van der Waals surface area contributed by atoms with E-state index in [4.69, 9.17) is 0 Å². The molecular weight excluding hydrogens is 386 g/mol. The number of nitrogens with one attached hydrogen (secondary N) is 2. The van der Waals surface area contributed by atoms with Gasteiger partial charge < -0.3 is 5.32 Å². The minimum atomic E-state index is -1.17. The lowest BCUT2D eigenvalue weighted by molar-refractivity contribution is -0.142. The Morgan fingerprint density at radius 2 is 2.00 bits per heavy atom. The number of halogens is 1. The fraction of sp³-hybridized carbons (Fsp3) is 0.500. The van der Waals surface area contributed by atoms with E-state index in [1.165, 1.54) is 4.90 Å².